The largest absolute Gasteiger partial charge is 0.382 e. The fourth-order valence-electron chi connectivity index (χ4n) is 1.93. The van der Waals surface area contributed by atoms with Gasteiger partial charge in [-0.15, -0.1) is 11.3 Å². The first-order chi connectivity index (χ1) is 9.75. The molecule has 3 rings (SSSR count). The zero-order valence-electron chi connectivity index (χ0n) is 10.6. The topological polar surface area (TPSA) is 75.7 Å². The Morgan fingerprint density at radius 3 is 2.65 bits per heavy atom. The molecule has 0 fully saturated rings. The summed E-state index contributed by atoms with van der Waals surface area (Å²) in [6.45, 7) is 0. The molecule has 1 aromatic carbocycles. The third kappa shape index (κ3) is 2.31. The van der Waals surface area contributed by atoms with Gasteiger partial charge in [0.1, 0.15) is 16.5 Å². The molecule has 3 N–H and O–H groups in total. The fraction of sp³-hybridized carbons (Fsp3) is 0. The van der Waals surface area contributed by atoms with Gasteiger partial charge in [0.25, 0.3) is 0 Å². The molecule has 0 unspecified atom stereocenters. The number of amidine groups is 1. The summed E-state index contributed by atoms with van der Waals surface area (Å²) in [5.41, 5.74) is 8.83. The summed E-state index contributed by atoms with van der Waals surface area (Å²) in [5.74, 6) is -0.0444. The van der Waals surface area contributed by atoms with Crippen LogP contribution in [0.15, 0.2) is 54.0 Å². The average molecular weight is 280 g/mol. The predicted octanol–water partition coefficient (Wildman–Crippen LogP) is 3.16. The van der Waals surface area contributed by atoms with E-state index in [1.165, 1.54) is 11.3 Å². The van der Waals surface area contributed by atoms with Crippen LogP contribution < -0.4 is 5.73 Å². The maximum atomic E-state index is 7.59. The van der Waals surface area contributed by atoms with Crippen LogP contribution in [0.25, 0.3) is 21.8 Å². The van der Waals surface area contributed by atoms with E-state index in [2.05, 4.69) is 9.97 Å². The van der Waals surface area contributed by atoms with Crippen molar-refractivity contribution in [2.75, 3.05) is 0 Å². The van der Waals surface area contributed by atoms with Gasteiger partial charge in [0.15, 0.2) is 0 Å². The molecular weight excluding hydrogens is 268 g/mol. The van der Waals surface area contributed by atoms with Crippen LogP contribution in [0, 0.1) is 5.41 Å². The number of nitrogen functional groups attached to an aromatic ring is 1. The molecule has 0 bridgehead atoms. The molecule has 0 aliphatic carbocycles. The number of aromatic nitrogens is 2. The summed E-state index contributed by atoms with van der Waals surface area (Å²) >= 11 is 1.53. The Hall–Kier alpha value is -2.53. The van der Waals surface area contributed by atoms with Crippen molar-refractivity contribution >= 4 is 17.2 Å². The summed E-state index contributed by atoms with van der Waals surface area (Å²) in [6.07, 6.45) is 1.63. The number of thiazole rings is 1. The van der Waals surface area contributed by atoms with E-state index < -0.39 is 0 Å². The maximum Gasteiger partial charge on any atom is 0.142 e. The van der Waals surface area contributed by atoms with Gasteiger partial charge in [-0.1, -0.05) is 30.3 Å². The van der Waals surface area contributed by atoms with Crippen molar-refractivity contribution in [1.29, 1.82) is 5.41 Å². The highest BCUT2D eigenvalue weighted by Gasteiger charge is 2.12. The van der Waals surface area contributed by atoms with Gasteiger partial charge in [-0.3, -0.25) is 10.4 Å². The van der Waals surface area contributed by atoms with Gasteiger partial charge in [0.2, 0.25) is 0 Å². The normalized spacial score (nSPS) is 10.4. The Balaban J connectivity index is 2.05. The lowest BCUT2D eigenvalue weighted by molar-refractivity contribution is 1.25. The Morgan fingerprint density at radius 1 is 1.10 bits per heavy atom. The van der Waals surface area contributed by atoms with Gasteiger partial charge in [0, 0.05) is 22.7 Å². The molecule has 0 atom stereocenters. The van der Waals surface area contributed by atoms with Crippen molar-refractivity contribution in [1.82, 2.24) is 9.97 Å². The Kier molecular flexibility index (Phi) is 3.26. The quantitative estimate of drug-likeness (QED) is 0.571. The Morgan fingerprint density at radius 2 is 1.90 bits per heavy atom. The minimum Gasteiger partial charge on any atom is -0.382 e. The van der Waals surface area contributed by atoms with Gasteiger partial charge in [-0.05, 0) is 12.1 Å². The second kappa shape index (κ2) is 5.22. The minimum absolute atomic E-state index is 0.0444. The van der Waals surface area contributed by atoms with E-state index in [4.69, 9.17) is 11.1 Å². The lowest BCUT2D eigenvalue weighted by atomic mass is 10.1. The van der Waals surface area contributed by atoms with Crippen molar-refractivity contribution in [2.24, 2.45) is 5.73 Å². The van der Waals surface area contributed by atoms with E-state index in [-0.39, 0.29) is 5.84 Å². The van der Waals surface area contributed by atoms with Crippen LogP contribution in [0.1, 0.15) is 5.69 Å². The number of benzene rings is 1. The third-order valence-corrected chi connectivity index (χ3v) is 3.74. The number of rotatable bonds is 3. The van der Waals surface area contributed by atoms with Crippen molar-refractivity contribution < 1.29 is 0 Å². The molecule has 4 nitrogen and oxygen atoms in total. The molecule has 3 aromatic rings. The van der Waals surface area contributed by atoms with Gasteiger partial charge >= 0.3 is 0 Å². The molecule has 20 heavy (non-hydrogen) atoms. The van der Waals surface area contributed by atoms with Crippen molar-refractivity contribution in [3.8, 4) is 21.8 Å². The number of nitrogens with zero attached hydrogens (tertiary/aromatic N) is 2. The molecule has 0 aliphatic heterocycles. The molecule has 0 saturated heterocycles. The number of pyridine rings is 1. The lowest BCUT2D eigenvalue weighted by Crippen LogP contribution is -2.14. The average Bonchev–Trinajstić information content (AvgIpc) is 2.98. The highest BCUT2D eigenvalue weighted by molar-refractivity contribution is 7.13. The van der Waals surface area contributed by atoms with Crippen LogP contribution in [0.5, 0.6) is 0 Å². The Bertz CT molecular complexity index is 749. The monoisotopic (exact) mass is 280 g/mol. The molecule has 2 aromatic heterocycles. The highest BCUT2D eigenvalue weighted by Crippen LogP contribution is 2.29. The van der Waals surface area contributed by atoms with Crippen LogP contribution in [-0.4, -0.2) is 15.8 Å². The summed E-state index contributed by atoms with van der Waals surface area (Å²) in [7, 11) is 0. The molecule has 0 aliphatic rings. The maximum absolute atomic E-state index is 7.59. The van der Waals surface area contributed by atoms with Crippen LogP contribution >= 0.6 is 11.3 Å². The number of hydrogen-bond donors (Lipinski definition) is 2. The molecular formula is C15H12N4S. The number of nitrogens with two attached hydrogens (primary N) is 1. The van der Waals surface area contributed by atoms with Crippen molar-refractivity contribution in [3.63, 3.8) is 0 Å². The lowest BCUT2D eigenvalue weighted by Gasteiger charge is -2.03. The van der Waals surface area contributed by atoms with E-state index in [1.54, 1.807) is 6.20 Å². The standard InChI is InChI=1S/C15H12N4S/c16-14(17)13-11(7-4-8-18-13)15-19-12(9-20-15)10-5-2-1-3-6-10/h1-9H,(H3,16,17). The van der Waals surface area contributed by atoms with E-state index in [9.17, 15) is 0 Å². The fourth-order valence-corrected chi connectivity index (χ4v) is 2.79. The van der Waals surface area contributed by atoms with Gasteiger partial charge < -0.3 is 5.73 Å². The number of hydrogen-bond acceptors (Lipinski definition) is 4. The first kappa shape index (κ1) is 12.5. The molecule has 0 radical (unpaired) electrons. The first-order valence-electron chi connectivity index (χ1n) is 6.06. The van der Waals surface area contributed by atoms with Gasteiger partial charge in [0.05, 0.1) is 5.69 Å². The smallest absolute Gasteiger partial charge is 0.142 e. The second-order valence-corrected chi connectivity index (χ2v) is 5.08. The van der Waals surface area contributed by atoms with E-state index >= 15 is 0 Å². The number of nitrogens with one attached hydrogen (secondary N) is 1. The SMILES string of the molecule is N=C(N)c1ncccc1-c1nc(-c2ccccc2)cs1. The molecule has 5 heteroatoms. The zero-order chi connectivity index (χ0) is 13.9. The highest BCUT2D eigenvalue weighted by atomic mass is 32.1. The van der Waals surface area contributed by atoms with Crippen LogP contribution in [0.3, 0.4) is 0 Å². The van der Waals surface area contributed by atoms with Crippen LogP contribution in [0.2, 0.25) is 0 Å². The van der Waals surface area contributed by atoms with E-state index in [0.29, 0.717) is 5.69 Å². The first-order valence-corrected chi connectivity index (χ1v) is 6.94. The minimum atomic E-state index is -0.0444. The summed E-state index contributed by atoms with van der Waals surface area (Å²) in [5, 5.41) is 10.4. The predicted molar refractivity (Wildman–Crippen MR) is 81.8 cm³/mol. The Labute approximate surface area is 120 Å². The third-order valence-electron chi connectivity index (χ3n) is 2.87. The van der Waals surface area contributed by atoms with Crippen LogP contribution in [-0.2, 0) is 0 Å². The molecule has 0 saturated carbocycles. The molecule has 0 spiro atoms. The second-order valence-electron chi connectivity index (χ2n) is 4.22. The van der Waals surface area contributed by atoms with E-state index in [0.717, 1.165) is 21.8 Å². The van der Waals surface area contributed by atoms with Crippen molar-refractivity contribution in [3.05, 3.63) is 59.7 Å². The van der Waals surface area contributed by atoms with Gasteiger partial charge in [-0.25, -0.2) is 4.98 Å². The van der Waals surface area contributed by atoms with Gasteiger partial charge in [-0.2, -0.15) is 0 Å². The molecule has 98 valence electrons. The zero-order valence-corrected chi connectivity index (χ0v) is 11.4. The summed E-state index contributed by atoms with van der Waals surface area (Å²) in [6, 6.07) is 13.7. The van der Waals surface area contributed by atoms with E-state index in [1.807, 2.05) is 47.8 Å². The molecule has 2 heterocycles. The van der Waals surface area contributed by atoms with Crippen LogP contribution in [0.4, 0.5) is 0 Å². The molecule has 0 amide bonds. The summed E-state index contributed by atoms with van der Waals surface area (Å²) < 4.78 is 0. The van der Waals surface area contributed by atoms with Crippen molar-refractivity contribution in [2.45, 2.75) is 0 Å². The summed E-state index contributed by atoms with van der Waals surface area (Å²) in [4.78, 5) is 8.77.